The van der Waals surface area contributed by atoms with Crippen molar-refractivity contribution in [2.75, 3.05) is 11.9 Å². The predicted octanol–water partition coefficient (Wildman–Crippen LogP) is 1.94. The van der Waals surface area contributed by atoms with Crippen molar-refractivity contribution in [1.29, 1.82) is 0 Å². The fourth-order valence-electron chi connectivity index (χ4n) is 2.27. The molecule has 8 heteroatoms. The lowest BCUT2D eigenvalue weighted by Crippen LogP contribution is -2.11. The zero-order valence-electron chi connectivity index (χ0n) is 12.6. The lowest BCUT2D eigenvalue weighted by atomic mass is 10.1. The van der Waals surface area contributed by atoms with Crippen LogP contribution in [0.2, 0.25) is 5.02 Å². The number of aryl methyl sites for hydroxylation is 1. The SMILES string of the molecule is Cn1nncc1CNc1cc(-c2cccc(Cl)c2)nn1CCO. The summed E-state index contributed by atoms with van der Waals surface area (Å²) < 4.78 is 3.44. The zero-order valence-corrected chi connectivity index (χ0v) is 13.4. The number of aromatic nitrogens is 5. The van der Waals surface area contributed by atoms with Gasteiger partial charge < -0.3 is 10.4 Å². The van der Waals surface area contributed by atoms with E-state index in [9.17, 15) is 5.11 Å². The molecule has 0 aliphatic heterocycles. The average molecular weight is 333 g/mol. The molecule has 2 N–H and O–H groups in total. The highest BCUT2D eigenvalue weighted by Crippen LogP contribution is 2.24. The van der Waals surface area contributed by atoms with E-state index in [0.29, 0.717) is 18.1 Å². The molecular weight excluding hydrogens is 316 g/mol. The van der Waals surface area contributed by atoms with Crippen molar-refractivity contribution in [2.45, 2.75) is 13.1 Å². The Hall–Kier alpha value is -2.38. The lowest BCUT2D eigenvalue weighted by Gasteiger charge is -2.08. The van der Waals surface area contributed by atoms with Crippen molar-refractivity contribution < 1.29 is 5.11 Å². The Labute approximate surface area is 138 Å². The molecule has 7 nitrogen and oxygen atoms in total. The van der Waals surface area contributed by atoms with Crippen molar-refractivity contribution in [3.63, 3.8) is 0 Å². The number of hydrogen-bond acceptors (Lipinski definition) is 5. The van der Waals surface area contributed by atoms with Crippen molar-refractivity contribution in [1.82, 2.24) is 24.8 Å². The van der Waals surface area contributed by atoms with Gasteiger partial charge in [0, 0.05) is 23.7 Å². The Bertz CT molecular complexity index is 797. The van der Waals surface area contributed by atoms with Gasteiger partial charge in [-0.2, -0.15) is 5.10 Å². The van der Waals surface area contributed by atoms with Crippen LogP contribution >= 0.6 is 11.6 Å². The Morgan fingerprint density at radius 3 is 2.87 bits per heavy atom. The van der Waals surface area contributed by atoms with Gasteiger partial charge in [-0.1, -0.05) is 28.9 Å². The third kappa shape index (κ3) is 3.52. The third-order valence-electron chi connectivity index (χ3n) is 3.47. The molecule has 23 heavy (non-hydrogen) atoms. The first kappa shape index (κ1) is 15.5. The molecule has 2 aromatic heterocycles. The molecule has 0 atom stereocenters. The molecule has 3 rings (SSSR count). The number of benzene rings is 1. The molecule has 0 aliphatic carbocycles. The summed E-state index contributed by atoms with van der Waals surface area (Å²) in [7, 11) is 1.84. The first-order valence-electron chi connectivity index (χ1n) is 7.19. The van der Waals surface area contributed by atoms with Crippen LogP contribution in [-0.2, 0) is 20.1 Å². The summed E-state index contributed by atoms with van der Waals surface area (Å²) in [5.41, 5.74) is 2.68. The van der Waals surface area contributed by atoms with E-state index in [0.717, 1.165) is 22.8 Å². The maximum atomic E-state index is 9.23. The van der Waals surface area contributed by atoms with Gasteiger partial charge in [-0.25, -0.2) is 4.68 Å². The summed E-state index contributed by atoms with van der Waals surface area (Å²) >= 11 is 6.04. The van der Waals surface area contributed by atoms with Crippen molar-refractivity contribution in [2.24, 2.45) is 7.05 Å². The number of nitrogens with one attached hydrogen (secondary N) is 1. The van der Waals surface area contributed by atoms with E-state index < -0.39 is 0 Å². The quantitative estimate of drug-likeness (QED) is 0.721. The second-order valence-corrected chi connectivity index (χ2v) is 5.51. The monoisotopic (exact) mass is 332 g/mol. The van der Waals surface area contributed by atoms with Gasteiger partial charge in [-0.3, -0.25) is 4.68 Å². The Kier molecular flexibility index (Phi) is 4.59. The molecule has 0 spiro atoms. The van der Waals surface area contributed by atoms with Gasteiger partial charge in [0.1, 0.15) is 5.82 Å². The van der Waals surface area contributed by atoms with Gasteiger partial charge in [0.15, 0.2) is 0 Å². The highest BCUT2D eigenvalue weighted by Gasteiger charge is 2.10. The molecule has 0 bridgehead atoms. The average Bonchev–Trinajstić information content (AvgIpc) is 3.12. The topological polar surface area (TPSA) is 80.8 Å². The first-order chi connectivity index (χ1) is 11.2. The predicted molar refractivity (Wildman–Crippen MR) is 88.1 cm³/mol. The van der Waals surface area contributed by atoms with Crippen LogP contribution < -0.4 is 5.32 Å². The zero-order chi connectivity index (χ0) is 16.2. The van der Waals surface area contributed by atoms with E-state index in [1.807, 2.05) is 37.4 Å². The minimum absolute atomic E-state index is 0.0125. The van der Waals surface area contributed by atoms with E-state index in [1.54, 1.807) is 15.6 Å². The minimum atomic E-state index is 0.0125. The number of hydrogen-bond donors (Lipinski definition) is 2. The van der Waals surface area contributed by atoms with Gasteiger partial charge in [0.05, 0.1) is 37.3 Å². The van der Waals surface area contributed by atoms with E-state index in [2.05, 4.69) is 20.7 Å². The molecule has 3 aromatic rings. The molecule has 0 saturated heterocycles. The third-order valence-corrected chi connectivity index (χ3v) is 3.71. The normalized spacial score (nSPS) is 10.9. The summed E-state index contributed by atoms with van der Waals surface area (Å²) in [6.07, 6.45) is 1.71. The van der Waals surface area contributed by atoms with Crippen molar-refractivity contribution in [3.05, 3.63) is 47.2 Å². The van der Waals surface area contributed by atoms with E-state index in [4.69, 9.17) is 11.6 Å². The Morgan fingerprint density at radius 1 is 1.30 bits per heavy atom. The molecule has 2 heterocycles. The number of aliphatic hydroxyl groups excluding tert-OH is 1. The largest absolute Gasteiger partial charge is 0.394 e. The second-order valence-electron chi connectivity index (χ2n) is 5.07. The highest BCUT2D eigenvalue weighted by molar-refractivity contribution is 6.30. The van der Waals surface area contributed by atoms with Crippen molar-refractivity contribution >= 4 is 17.4 Å². The molecule has 0 saturated carbocycles. The summed E-state index contributed by atoms with van der Waals surface area (Å²) in [6, 6.07) is 9.46. The summed E-state index contributed by atoms with van der Waals surface area (Å²) in [6.45, 7) is 0.987. The molecule has 0 amide bonds. The van der Waals surface area contributed by atoms with Gasteiger partial charge in [0.25, 0.3) is 0 Å². The van der Waals surface area contributed by atoms with Crippen LogP contribution in [0.25, 0.3) is 11.3 Å². The molecule has 120 valence electrons. The lowest BCUT2D eigenvalue weighted by molar-refractivity contribution is 0.270. The molecule has 0 fully saturated rings. The summed E-state index contributed by atoms with van der Waals surface area (Å²) in [4.78, 5) is 0. The van der Waals surface area contributed by atoms with Crippen LogP contribution in [0.15, 0.2) is 36.5 Å². The Balaban J connectivity index is 1.85. The number of anilines is 1. The van der Waals surface area contributed by atoms with Gasteiger partial charge >= 0.3 is 0 Å². The van der Waals surface area contributed by atoms with Crippen LogP contribution in [0.1, 0.15) is 5.69 Å². The van der Waals surface area contributed by atoms with Crippen LogP contribution in [-0.4, -0.2) is 36.5 Å². The van der Waals surface area contributed by atoms with E-state index in [-0.39, 0.29) is 6.61 Å². The standard InChI is InChI=1S/C15H17ClN6O/c1-21-13(10-18-20-21)9-17-15-8-14(19-22(15)5-6-23)11-3-2-4-12(16)7-11/h2-4,7-8,10,17,23H,5-6,9H2,1H3. The molecule has 0 aliphatic rings. The minimum Gasteiger partial charge on any atom is -0.394 e. The van der Waals surface area contributed by atoms with Gasteiger partial charge in [-0.15, -0.1) is 5.10 Å². The maximum Gasteiger partial charge on any atom is 0.125 e. The van der Waals surface area contributed by atoms with E-state index in [1.165, 1.54) is 0 Å². The number of halogens is 1. The number of nitrogens with zero attached hydrogens (tertiary/aromatic N) is 5. The van der Waals surface area contributed by atoms with Crippen LogP contribution in [0, 0.1) is 0 Å². The first-order valence-corrected chi connectivity index (χ1v) is 7.57. The smallest absolute Gasteiger partial charge is 0.125 e. The van der Waals surface area contributed by atoms with Crippen LogP contribution in [0.4, 0.5) is 5.82 Å². The highest BCUT2D eigenvalue weighted by atomic mass is 35.5. The molecule has 0 radical (unpaired) electrons. The molecule has 0 unspecified atom stereocenters. The maximum absolute atomic E-state index is 9.23. The molecule has 1 aromatic carbocycles. The van der Waals surface area contributed by atoms with E-state index >= 15 is 0 Å². The Morgan fingerprint density at radius 2 is 2.17 bits per heavy atom. The van der Waals surface area contributed by atoms with Crippen LogP contribution in [0.5, 0.6) is 0 Å². The van der Waals surface area contributed by atoms with Gasteiger partial charge in [0.2, 0.25) is 0 Å². The number of aliphatic hydroxyl groups is 1. The number of rotatable bonds is 6. The van der Waals surface area contributed by atoms with Gasteiger partial charge in [-0.05, 0) is 12.1 Å². The molecular formula is C15H17ClN6O. The van der Waals surface area contributed by atoms with Crippen molar-refractivity contribution in [3.8, 4) is 11.3 Å². The fraction of sp³-hybridized carbons (Fsp3) is 0.267. The summed E-state index contributed by atoms with van der Waals surface area (Å²) in [5, 5.41) is 25.5. The van der Waals surface area contributed by atoms with Crippen LogP contribution in [0.3, 0.4) is 0 Å². The second kappa shape index (κ2) is 6.80. The summed E-state index contributed by atoms with van der Waals surface area (Å²) in [5.74, 6) is 0.815. The fourth-order valence-corrected chi connectivity index (χ4v) is 2.46.